The SMILES string of the molecule is CN=C(NCCCC(=O)Nc1ccc(Cl)cc1)N1CCCC(CC(N)=O)C1.I. The van der Waals surface area contributed by atoms with Gasteiger partial charge in [0.05, 0.1) is 0 Å². The van der Waals surface area contributed by atoms with Crippen molar-refractivity contribution in [2.75, 3.05) is 32.0 Å². The van der Waals surface area contributed by atoms with E-state index in [1.807, 2.05) is 0 Å². The molecule has 1 unspecified atom stereocenters. The number of piperidine rings is 1. The molecule has 0 spiro atoms. The quantitative estimate of drug-likeness (QED) is 0.222. The Morgan fingerprint density at radius 3 is 2.68 bits per heavy atom. The van der Waals surface area contributed by atoms with Crippen LogP contribution in [0.2, 0.25) is 5.02 Å². The fourth-order valence-electron chi connectivity index (χ4n) is 3.25. The van der Waals surface area contributed by atoms with Gasteiger partial charge >= 0.3 is 0 Å². The van der Waals surface area contributed by atoms with Crippen LogP contribution in [0, 0.1) is 5.92 Å². The number of nitrogens with two attached hydrogens (primary N) is 1. The number of benzene rings is 1. The van der Waals surface area contributed by atoms with Crippen LogP contribution in [0.4, 0.5) is 5.69 Å². The minimum absolute atomic E-state index is 0. The number of primary amides is 1. The van der Waals surface area contributed by atoms with Gasteiger partial charge in [0.2, 0.25) is 11.8 Å². The van der Waals surface area contributed by atoms with Gasteiger partial charge in [-0.2, -0.15) is 0 Å². The Morgan fingerprint density at radius 2 is 2.04 bits per heavy atom. The van der Waals surface area contributed by atoms with E-state index in [1.54, 1.807) is 31.3 Å². The summed E-state index contributed by atoms with van der Waals surface area (Å²) in [7, 11) is 1.74. The fraction of sp³-hybridized carbons (Fsp3) is 0.526. The number of hydrogen-bond donors (Lipinski definition) is 3. The van der Waals surface area contributed by atoms with Crippen molar-refractivity contribution in [1.82, 2.24) is 10.2 Å². The van der Waals surface area contributed by atoms with Gasteiger partial charge in [0, 0.05) is 50.2 Å². The van der Waals surface area contributed by atoms with Crippen molar-refractivity contribution in [3.63, 3.8) is 0 Å². The van der Waals surface area contributed by atoms with Crippen LogP contribution < -0.4 is 16.4 Å². The molecule has 1 aromatic carbocycles. The number of nitrogens with zero attached hydrogens (tertiary/aromatic N) is 2. The molecule has 0 aliphatic carbocycles. The van der Waals surface area contributed by atoms with E-state index >= 15 is 0 Å². The zero-order chi connectivity index (χ0) is 19.6. The maximum Gasteiger partial charge on any atom is 0.224 e. The average molecular weight is 522 g/mol. The Balaban J connectivity index is 0.00000392. The number of carbonyl (C=O) groups excluding carboxylic acids is 2. The number of amides is 2. The van der Waals surface area contributed by atoms with Gasteiger partial charge in [0.25, 0.3) is 0 Å². The molecular formula is C19H29ClIN5O2. The second-order valence-electron chi connectivity index (χ2n) is 6.76. The molecule has 1 fully saturated rings. The Kier molecular flexibility index (Phi) is 11.2. The molecule has 1 aliphatic rings. The molecule has 4 N–H and O–H groups in total. The largest absolute Gasteiger partial charge is 0.370 e. The van der Waals surface area contributed by atoms with Gasteiger partial charge < -0.3 is 21.3 Å². The van der Waals surface area contributed by atoms with E-state index < -0.39 is 0 Å². The van der Waals surface area contributed by atoms with Gasteiger partial charge in [-0.3, -0.25) is 14.6 Å². The molecule has 2 amide bonds. The first-order chi connectivity index (χ1) is 13.0. The van der Waals surface area contributed by atoms with Crippen molar-refractivity contribution in [3.05, 3.63) is 29.3 Å². The summed E-state index contributed by atoms with van der Waals surface area (Å²) >= 11 is 5.83. The van der Waals surface area contributed by atoms with E-state index in [-0.39, 0.29) is 41.7 Å². The number of carbonyl (C=O) groups is 2. The van der Waals surface area contributed by atoms with Gasteiger partial charge in [0.15, 0.2) is 5.96 Å². The third-order valence-corrected chi connectivity index (χ3v) is 4.76. The lowest BCUT2D eigenvalue weighted by Crippen LogP contribution is -2.47. The first-order valence-electron chi connectivity index (χ1n) is 9.27. The van der Waals surface area contributed by atoms with Gasteiger partial charge in [-0.25, -0.2) is 0 Å². The molecule has 0 bridgehead atoms. The van der Waals surface area contributed by atoms with Crippen LogP contribution >= 0.6 is 35.6 Å². The van der Waals surface area contributed by atoms with E-state index in [4.69, 9.17) is 17.3 Å². The molecule has 2 rings (SSSR count). The lowest BCUT2D eigenvalue weighted by atomic mass is 9.95. The lowest BCUT2D eigenvalue weighted by molar-refractivity contribution is -0.119. The van der Waals surface area contributed by atoms with Gasteiger partial charge in [-0.05, 0) is 49.4 Å². The molecule has 1 aliphatic heterocycles. The monoisotopic (exact) mass is 521 g/mol. The Bertz CT molecular complexity index is 669. The maximum atomic E-state index is 12.0. The Hall–Kier alpha value is -1.55. The van der Waals surface area contributed by atoms with Crippen molar-refractivity contribution >= 4 is 59.0 Å². The minimum atomic E-state index is -0.253. The standard InChI is InChI=1S/C19H28ClN5O2.HI/c1-22-19(25-11-3-4-14(13-25)12-17(21)26)23-10-2-5-18(27)24-16-8-6-15(20)7-9-16;/h6-9,14H,2-5,10-13H2,1H3,(H2,21,26)(H,22,23)(H,24,27);1H. The van der Waals surface area contributed by atoms with Crippen molar-refractivity contribution in [3.8, 4) is 0 Å². The summed E-state index contributed by atoms with van der Waals surface area (Å²) in [5.74, 6) is 0.798. The zero-order valence-corrected chi connectivity index (χ0v) is 19.2. The predicted molar refractivity (Wildman–Crippen MR) is 124 cm³/mol. The number of nitrogens with one attached hydrogen (secondary N) is 2. The highest BCUT2D eigenvalue weighted by Gasteiger charge is 2.23. The van der Waals surface area contributed by atoms with Crippen LogP contribution in [0.3, 0.4) is 0 Å². The lowest BCUT2D eigenvalue weighted by Gasteiger charge is -2.34. The summed E-state index contributed by atoms with van der Waals surface area (Å²) in [4.78, 5) is 29.6. The van der Waals surface area contributed by atoms with Crippen molar-refractivity contribution in [2.24, 2.45) is 16.6 Å². The molecule has 1 aromatic rings. The number of hydrogen-bond acceptors (Lipinski definition) is 3. The molecule has 0 aromatic heterocycles. The molecule has 1 saturated heterocycles. The number of anilines is 1. The van der Waals surface area contributed by atoms with Crippen LogP contribution in [0.15, 0.2) is 29.3 Å². The topological polar surface area (TPSA) is 99.8 Å². The molecule has 9 heteroatoms. The van der Waals surface area contributed by atoms with Crippen LogP contribution in [-0.2, 0) is 9.59 Å². The van der Waals surface area contributed by atoms with Gasteiger partial charge in [-0.1, -0.05) is 11.6 Å². The zero-order valence-electron chi connectivity index (χ0n) is 16.1. The molecule has 1 heterocycles. The summed E-state index contributed by atoms with van der Waals surface area (Å²) in [6.45, 7) is 2.34. The Labute approximate surface area is 188 Å². The highest BCUT2D eigenvalue weighted by molar-refractivity contribution is 14.0. The maximum absolute atomic E-state index is 12.0. The summed E-state index contributed by atoms with van der Waals surface area (Å²) in [6.07, 6.45) is 3.55. The molecular weight excluding hydrogens is 493 g/mol. The minimum Gasteiger partial charge on any atom is -0.370 e. The summed E-state index contributed by atoms with van der Waals surface area (Å²) in [5.41, 5.74) is 6.06. The van der Waals surface area contributed by atoms with Crippen LogP contribution in [0.5, 0.6) is 0 Å². The molecule has 156 valence electrons. The summed E-state index contributed by atoms with van der Waals surface area (Å²) in [5, 5.41) is 6.79. The second-order valence-corrected chi connectivity index (χ2v) is 7.19. The number of aliphatic imine (C=N–C) groups is 1. The van der Waals surface area contributed by atoms with E-state index in [1.165, 1.54) is 0 Å². The van der Waals surface area contributed by atoms with E-state index in [0.29, 0.717) is 30.8 Å². The number of rotatable bonds is 7. The fourth-order valence-corrected chi connectivity index (χ4v) is 3.37. The smallest absolute Gasteiger partial charge is 0.224 e. The molecule has 28 heavy (non-hydrogen) atoms. The number of halogens is 2. The molecule has 1 atom stereocenters. The van der Waals surface area contributed by atoms with Crippen LogP contribution in [0.25, 0.3) is 0 Å². The van der Waals surface area contributed by atoms with Crippen LogP contribution in [0.1, 0.15) is 32.1 Å². The highest BCUT2D eigenvalue weighted by Crippen LogP contribution is 2.19. The second kappa shape index (κ2) is 12.8. The normalized spacial score (nSPS) is 16.9. The predicted octanol–water partition coefficient (Wildman–Crippen LogP) is 2.84. The molecule has 0 radical (unpaired) electrons. The average Bonchev–Trinajstić information content (AvgIpc) is 2.63. The van der Waals surface area contributed by atoms with Crippen molar-refractivity contribution < 1.29 is 9.59 Å². The summed E-state index contributed by atoms with van der Waals surface area (Å²) < 4.78 is 0. The highest BCUT2D eigenvalue weighted by atomic mass is 127. The third kappa shape index (κ3) is 8.64. The number of guanidine groups is 1. The van der Waals surface area contributed by atoms with E-state index in [9.17, 15) is 9.59 Å². The van der Waals surface area contributed by atoms with E-state index in [2.05, 4.69) is 20.5 Å². The van der Waals surface area contributed by atoms with Gasteiger partial charge in [-0.15, -0.1) is 24.0 Å². The van der Waals surface area contributed by atoms with Crippen molar-refractivity contribution in [1.29, 1.82) is 0 Å². The first kappa shape index (κ1) is 24.5. The number of likely N-dealkylation sites (tertiary alicyclic amines) is 1. The summed E-state index contributed by atoms with van der Waals surface area (Å²) in [6, 6.07) is 7.04. The molecule has 7 nitrogen and oxygen atoms in total. The van der Waals surface area contributed by atoms with Crippen molar-refractivity contribution in [2.45, 2.75) is 32.1 Å². The third-order valence-electron chi connectivity index (χ3n) is 4.51. The van der Waals surface area contributed by atoms with E-state index in [0.717, 1.165) is 37.6 Å². The van der Waals surface area contributed by atoms with Gasteiger partial charge in [0.1, 0.15) is 0 Å². The Morgan fingerprint density at radius 1 is 1.32 bits per heavy atom. The first-order valence-corrected chi connectivity index (χ1v) is 9.65. The molecule has 0 saturated carbocycles. The van der Waals surface area contributed by atoms with Crippen LogP contribution in [-0.4, -0.2) is 49.4 Å².